The maximum absolute atomic E-state index is 12.5. The smallest absolute Gasteiger partial charge is 0.368 e. The lowest BCUT2D eigenvalue weighted by Gasteiger charge is -2.32. The van der Waals surface area contributed by atoms with Gasteiger partial charge in [-0.15, -0.1) is 0 Å². The SMILES string of the molecule is CC(C)CC1CNCC(c2ccc(C(F)(F)F)cc2)O1. The van der Waals surface area contributed by atoms with Crippen molar-refractivity contribution in [2.45, 2.75) is 38.7 Å². The third-order valence-corrected chi connectivity index (χ3v) is 3.40. The van der Waals surface area contributed by atoms with E-state index in [2.05, 4.69) is 19.2 Å². The molecule has 0 amide bonds. The molecular weight excluding hydrogens is 267 g/mol. The van der Waals surface area contributed by atoms with E-state index in [9.17, 15) is 13.2 Å². The third-order valence-electron chi connectivity index (χ3n) is 3.40. The van der Waals surface area contributed by atoms with E-state index in [1.54, 1.807) is 0 Å². The number of hydrogen-bond acceptors (Lipinski definition) is 2. The van der Waals surface area contributed by atoms with Crippen LogP contribution >= 0.6 is 0 Å². The van der Waals surface area contributed by atoms with Gasteiger partial charge in [-0.1, -0.05) is 26.0 Å². The molecule has 2 unspecified atom stereocenters. The minimum Gasteiger partial charge on any atom is -0.368 e. The van der Waals surface area contributed by atoms with Crippen LogP contribution in [0.2, 0.25) is 0 Å². The summed E-state index contributed by atoms with van der Waals surface area (Å²) in [6.45, 7) is 5.70. The molecule has 0 radical (unpaired) electrons. The highest BCUT2D eigenvalue weighted by Crippen LogP contribution is 2.31. The van der Waals surface area contributed by atoms with Crippen molar-refractivity contribution in [1.82, 2.24) is 5.32 Å². The molecule has 1 saturated heterocycles. The summed E-state index contributed by atoms with van der Waals surface area (Å²) < 4.78 is 43.5. The van der Waals surface area contributed by atoms with Crippen molar-refractivity contribution in [3.63, 3.8) is 0 Å². The highest BCUT2D eigenvalue weighted by atomic mass is 19.4. The van der Waals surface area contributed by atoms with Crippen LogP contribution < -0.4 is 5.32 Å². The van der Waals surface area contributed by atoms with E-state index < -0.39 is 11.7 Å². The second-order valence-corrected chi connectivity index (χ2v) is 5.65. The third kappa shape index (κ3) is 3.96. The molecule has 2 atom stereocenters. The molecule has 2 nitrogen and oxygen atoms in total. The van der Waals surface area contributed by atoms with Crippen LogP contribution in [0.5, 0.6) is 0 Å². The Morgan fingerprint density at radius 3 is 2.40 bits per heavy atom. The Kier molecular flexibility index (Phi) is 4.70. The standard InChI is InChI=1S/C15H20F3NO/c1-10(2)7-13-8-19-9-14(20-13)11-3-5-12(6-4-11)15(16,17)18/h3-6,10,13-14,19H,7-9H2,1-2H3. The van der Waals surface area contributed by atoms with Crippen LogP contribution in [0, 0.1) is 5.92 Å². The van der Waals surface area contributed by atoms with Crippen LogP contribution in [0.4, 0.5) is 13.2 Å². The molecule has 1 aromatic carbocycles. The van der Waals surface area contributed by atoms with Gasteiger partial charge < -0.3 is 10.1 Å². The van der Waals surface area contributed by atoms with Crippen LogP contribution in [0.15, 0.2) is 24.3 Å². The molecular formula is C15H20F3NO. The molecule has 0 saturated carbocycles. The van der Waals surface area contributed by atoms with Gasteiger partial charge in [-0.25, -0.2) is 0 Å². The van der Waals surface area contributed by atoms with Crippen molar-refractivity contribution in [3.05, 3.63) is 35.4 Å². The zero-order chi connectivity index (χ0) is 14.8. The zero-order valence-corrected chi connectivity index (χ0v) is 11.7. The summed E-state index contributed by atoms with van der Waals surface area (Å²) in [5.74, 6) is 0.535. The van der Waals surface area contributed by atoms with Crippen molar-refractivity contribution < 1.29 is 17.9 Å². The fourth-order valence-electron chi connectivity index (χ4n) is 2.45. The van der Waals surface area contributed by atoms with E-state index in [-0.39, 0.29) is 12.2 Å². The monoisotopic (exact) mass is 287 g/mol. The van der Waals surface area contributed by atoms with Gasteiger partial charge in [0.05, 0.1) is 17.8 Å². The molecule has 1 aromatic rings. The number of rotatable bonds is 3. The molecule has 1 aliphatic rings. The molecule has 5 heteroatoms. The lowest BCUT2D eigenvalue weighted by molar-refractivity contribution is -0.137. The van der Waals surface area contributed by atoms with Gasteiger partial charge >= 0.3 is 6.18 Å². The average Bonchev–Trinajstić information content (AvgIpc) is 2.37. The largest absolute Gasteiger partial charge is 0.416 e. The zero-order valence-electron chi connectivity index (χ0n) is 11.7. The summed E-state index contributed by atoms with van der Waals surface area (Å²) >= 11 is 0. The second kappa shape index (κ2) is 6.14. The van der Waals surface area contributed by atoms with Gasteiger partial charge in [-0.05, 0) is 30.0 Å². The molecule has 1 fully saturated rings. The van der Waals surface area contributed by atoms with Gasteiger partial charge in [-0.3, -0.25) is 0 Å². The molecule has 20 heavy (non-hydrogen) atoms. The van der Waals surface area contributed by atoms with Crippen molar-refractivity contribution >= 4 is 0 Å². The number of hydrogen-bond donors (Lipinski definition) is 1. The Morgan fingerprint density at radius 2 is 1.85 bits per heavy atom. The van der Waals surface area contributed by atoms with Gasteiger partial charge in [-0.2, -0.15) is 13.2 Å². The first kappa shape index (κ1) is 15.3. The number of morpholine rings is 1. The second-order valence-electron chi connectivity index (χ2n) is 5.65. The molecule has 112 valence electrons. The highest BCUT2D eigenvalue weighted by Gasteiger charge is 2.31. The summed E-state index contributed by atoms with van der Waals surface area (Å²) in [6, 6.07) is 5.25. The number of benzene rings is 1. The van der Waals surface area contributed by atoms with E-state index in [0.29, 0.717) is 12.5 Å². The van der Waals surface area contributed by atoms with E-state index in [1.807, 2.05) is 0 Å². The molecule has 1 N–H and O–H groups in total. The number of halogens is 3. The Labute approximate surface area is 117 Å². The summed E-state index contributed by atoms with van der Waals surface area (Å²) in [4.78, 5) is 0. The predicted octanol–water partition coefficient (Wildman–Crippen LogP) is 3.78. The van der Waals surface area contributed by atoms with Gasteiger partial charge in [0, 0.05) is 13.1 Å². The van der Waals surface area contributed by atoms with Gasteiger partial charge in [0.2, 0.25) is 0 Å². The van der Waals surface area contributed by atoms with E-state index >= 15 is 0 Å². The van der Waals surface area contributed by atoms with E-state index in [4.69, 9.17) is 4.74 Å². The molecule has 0 aromatic heterocycles. The molecule has 0 aliphatic carbocycles. The summed E-state index contributed by atoms with van der Waals surface area (Å²) in [5, 5.41) is 3.29. The summed E-state index contributed by atoms with van der Waals surface area (Å²) in [7, 11) is 0. The number of nitrogens with one attached hydrogen (secondary N) is 1. The van der Waals surface area contributed by atoms with Crippen LogP contribution in [0.25, 0.3) is 0 Å². The maximum Gasteiger partial charge on any atom is 0.416 e. The molecule has 0 spiro atoms. The van der Waals surface area contributed by atoms with Crippen LogP contribution in [-0.4, -0.2) is 19.2 Å². The molecule has 0 bridgehead atoms. The van der Waals surface area contributed by atoms with E-state index in [0.717, 1.165) is 30.7 Å². The predicted molar refractivity (Wildman–Crippen MR) is 71.4 cm³/mol. The minimum absolute atomic E-state index is 0.121. The Balaban J connectivity index is 2.04. The fourth-order valence-corrected chi connectivity index (χ4v) is 2.45. The lowest BCUT2D eigenvalue weighted by atomic mass is 10.0. The maximum atomic E-state index is 12.5. The van der Waals surface area contributed by atoms with Crippen LogP contribution in [-0.2, 0) is 10.9 Å². The first-order valence-electron chi connectivity index (χ1n) is 6.89. The molecule has 1 aliphatic heterocycles. The van der Waals surface area contributed by atoms with Gasteiger partial charge in [0.25, 0.3) is 0 Å². The fraction of sp³-hybridized carbons (Fsp3) is 0.600. The van der Waals surface area contributed by atoms with Crippen LogP contribution in [0.1, 0.15) is 37.5 Å². The molecule has 2 rings (SSSR count). The van der Waals surface area contributed by atoms with E-state index in [1.165, 1.54) is 12.1 Å². The quantitative estimate of drug-likeness (QED) is 0.913. The Morgan fingerprint density at radius 1 is 1.20 bits per heavy atom. The average molecular weight is 287 g/mol. The van der Waals surface area contributed by atoms with Gasteiger partial charge in [0.1, 0.15) is 0 Å². The van der Waals surface area contributed by atoms with Crippen molar-refractivity contribution in [2.75, 3.05) is 13.1 Å². The lowest BCUT2D eigenvalue weighted by Crippen LogP contribution is -2.41. The Bertz CT molecular complexity index is 428. The number of ether oxygens (including phenoxy) is 1. The molecule has 1 heterocycles. The van der Waals surface area contributed by atoms with Crippen molar-refractivity contribution in [2.24, 2.45) is 5.92 Å². The van der Waals surface area contributed by atoms with Gasteiger partial charge in [0.15, 0.2) is 0 Å². The first-order chi connectivity index (χ1) is 9.36. The normalized spacial score (nSPS) is 24.1. The highest BCUT2D eigenvalue weighted by molar-refractivity contribution is 5.26. The topological polar surface area (TPSA) is 21.3 Å². The van der Waals surface area contributed by atoms with Crippen molar-refractivity contribution in [3.8, 4) is 0 Å². The van der Waals surface area contributed by atoms with Crippen molar-refractivity contribution in [1.29, 1.82) is 0 Å². The summed E-state index contributed by atoms with van der Waals surface area (Å²) in [6.07, 6.45) is -3.39. The first-order valence-corrected chi connectivity index (χ1v) is 6.89. The summed E-state index contributed by atoms with van der Waals surface area (Å²) in [5.41, 5.74) is 0.169. The minimum atomic E-state index is -4.29. The Hall–Kier alpha value is -1.07. The van der Waals surface area contributed by atoms with Crippen LogP contribution in [0.3, 0.4) is 0 Å². The number of alkyl halides is 3.